The van der Waals surface area contributed by atoms with Gasteiger partial charge in [-0.1, -0.05) is 24.3 Å². The first kappa shape index (κ1) is 19.8. The van der Waals surface area contributed by atoms with Crippen molar-refractivity contribution in [3.8, 4) is 5.75 Å². The van der Waals surface area contributed by atoms with Crippen molar-refractivity contribution >= 4 is 17.5 Å². The van der Waals surface area contributed by atoms with Crippen molar-refractivity contribution in [1.29, 1.82) is 0 Å². The number of para-hydroxylation sites is 2. The van der Waals surface area contributed by atoms with E-state index in [9.17, 15) is 14.0 Å². The van der Waals surface area contributed by atoms with E-state index in [2.05, 4.69) is 5.32 Å². The van der Waals surface area contributed by atoms with Crippen LogP contribution in [0.4, 0.5) is 10.1 Å². The predicted molar refractivity (Wildman–Crippen MR) is 105 cm³/mol. The Labute approximate surface area is 163 Å². The highest BCUT2D eigenvalue weighted by molar-refractivity contribution is 5.96. The first-order valence-electron chi connectivity index (χ1n) is 9.23. The molecule has 0 aromatic heterocycles. The number of amides is 2. The number of hydrogen-bond donors (Lipinski definition) is 1. The molecule has 1 fully saturated rings. The Balaban J connectivity index is 1.57. The molecule has 1 heterocycles. The van der Waals surface area contributed by atoms with Crippen LogP contribution in [0.3, 0.4) is 0 Å². The number of ether oxygens (including phenoxy) is 1. The summed E-state index contributed by atoms with van der Waals surface area (Å²) in [6.07, 6.45) is 0. The van der Waals surface area contributed by atoms with Gasteiger partial charge < -0.3 is 15.0 Å². The molecule has 1 aliphatic heterocycles. The van der Waals surface area contributed by atoms with Gasteiger partial charge in [0.15, 0.2) is 0 Å². The minimum atomic E-state index is -0.514. The Hall–Kier alpha value is -2.93. The molecular weight excluding hydrogens is 361 g/mol. The lowest BCUT2D eigenvalue weighted by Crippen LogP contribution is -2.54. The number of nitrogens with one attached hydrogen (secondary N) is 1. The molecule has 0 bridgehead atoms. The summed E-state index contributed by atoms with van der Waals surface area (Å²) in [7, 11) is 1.56. The monoisotopic (exact) mass is 385 g/mol. The van der Waals surface area contributed by atoms with Gasteiger partial charge in [0, 0.05) is 26.2 Å². The third kappa shape index (κ3) is 4.31. The molecule has 6 nitrogen and oxygen atoms in total. The van der Waals surface area contributed by atoms with Gasteiger partial charge in [0.05, 0.1) is 24.4 Å². The van der Waals surface area contributed by atoms with E-state index in [0.29, 0.717) is 37.6 Å². The maximum Gasteiger partial charge on any atom is 0.256 e. The Bertz CT molecular complexity index is 850. The molecule has 7 heteroatoms. The lowest BCUT2D eigenvalue weighted by atomic mass is 10.1. The zero-order valence-electron chi connectivity index (χ0n) is 16.0. The van der Waals surface area contributed by atoms with Crippen molar-refractivity contribution in [3.05, 3.63) is 59.9 Å². The summed E-state index contributed by atoms with van der Waals surface area (Å²) in [5, 5.41) is 2.89. The van der Waals surface area contributed by atoms with E-state index < -0.39 is 5.82 Å². The highest BCUT2D eigenvalue weighted by atomic mass is 19.1. The van der Waals surface area contributed by atoms with E-state index in [0.717, 1.165) is 0 Å². The van der Waals surface area contributed by atoms with Crippen molar-refractivity contribution < 1.29 is 18.7 Å². The summed E-state index contributed by atoms with van der Waals surface area (Å²) in [6.45, 7) is 3.80. The number of nitrogens with zero attached hydrogens (tertiary/aromatic N) is 2. The molecule has 148 valence electrons. The molecule has 2 aromatic rings. The Morgan fingerprint density at radius 1 is 1.04 bits per heavy atom. The minimum absolute atomic E-state index is 0.0814. The third-order valence-corrected chi connectivity index (χ3v) is 5.00. The van der Waals surface area contributed by atoms with E-state index in [1.54, 1.807) is 36.3 Å². The number of hydrogen-bond acceptors (Lipinski definition) is 4. The summed E-state index contributed by atoms with van der Waals surface area (Å²) in [6, 6.07) is 12.9. The van der Waals surface area contributed by atoms with Crippen LogP contribution < -0.4 is 10.1 Å². The number of halogens is 1. The van der Waals surface area contributed by atoms with Gasteiger partial charge >= 0.3 is 0 Å². The lowest BCUT2D eigenvalue weighted by molar-refractivity contribution is -0.121. The van der Waals surface area contributed by atoms with Gasteiger partial charge in [-0.3, -0.25) is 14.5 Å². The van der Waals surface area contributed by atoms with Crippen molar-refractivity contribution in [2.45, 2.75) is 13.0 Å². The van der Waals surface area contributed by atoms with Crippen LogP contribution in [0.2, 0.25) is 0 Å². The van der Waals surface area contributed by atoms with Crippen LogP contribution >= 0.6 is 0 Å². The van der Waals surface area contributed by atoms with Crippen LogP contribution in [0.1, 0.15) is 17.3 Å². The predicted octanol–water partition coefficient (Wildman–Crippen LogP) is 2.62. The average Bonchev–Trinajstić information content (AvgIpc) is 2.73. The number of rotatable bonds is 5. The number of carbonyl (C=O) groups is 2. The molecule has 0 radical (unpaired) electrons. The van der Waals surface area contributed by atoms with Gasteiger partial charge in [-0.15, -0.1) is 0 Å². The molecule has 1 saturated heterocycles. The standard InChI is InChI=1S/C21H24FN3O3/c1-15(20(26)23-18-9-5-6-10-19(18)28-2)24-11-13-25(14-12-24)21(27)16-7-3-4-8-17(16)22/h3-10,15H,11-14H2,1-2H3,(H,23,26)/t15-/m0/s1. The maximum atomic E-state index is 13.9. The van der Waals surface area contributed by atoms with Crippen LogP contribution in [0.25, 0.3) is 0 Å². The number of benzene rings is 2. The molecule has 0 aliphatic carbocycles. The second-order valence-electron chi connectivity index (χ2n) is 6.67. The van der Waals surface area contributed by atoms with E-state index in [-0.39, 0.29) is 23.4 Å². The van der Waals surface area contributed by atoms with Gasteiger partial charge in [0.2, 0.25) is 5.91 Å². The highest BCUT2D eigenvalue weighted by Crippen LogP contribution is 2.23. The fourth-order valence-corrected chi connectivity index (χ4v) is 3.27. The molecule has 1 aliphatic rings. The fourth-order valence-electron chi connectivity index (χ4n) is 3.27. The summed E-state index contributed by atoms with van der Waals surface area (Å²) < 4.78 is 19.1. The largest absolute Gasteiger partial charge is 0.495 e. The molecular formula is C21H24FN3O3. The fraction of sp³-hybridized carbons (Fsp3) is 0.333. The molecule has 0 saturated carbocycles. The van der Waals surface area contributed by atoms with Crippen LogP contribution in [0, 0.1) is 5.82 Å². The van der Waals surface area contributed by atoms with Crippen LogP contribution in [0.15, 0.2) is 48.5 Å². The van der Waals surface area contributed by atoms with Crippen molar-refractivity contribution in [1.82, 2.24) is 9.80 Å². The Morgan fingerprint density at radius 2 is 1.68 bits per heavy atom. The van der Waals surface area contributed by atoms with E-state index in [1.165, 1.54) is 12.1 Å². The van der Waals surface area contributed by atoms with Crippen LogP contribution in [0.5, 0.6) is 5.75 Å². The molecule has 2 aromatic carbocycles. The molecule has 2 amide bonds. The number of anilines is 1. The van der Waals surface area contributed by atoms with Crippen molar-refractivity contribution in [2.75, 3.05) is 38.6 Å². The topological polar surface area (TPSA) is 61.9 Å². The number of carbonyl (C=O) groups excluding carboxylic acids is 2. The van der Waals surface area contributed by atoms with E-state index in [1.807, 2.05) is 24.0 Å². The molecule has 1 atom stereocenters. The van der Waals surface area contributed by atoms with Gasteiger partial charge in [-0.25, -0.2) is 4.39 Å². The van der Waals surface area contributed by atoms with Gasteiger partial charge in [0.25, 0.3) is 5.91 Å². The number of piperazine rings is 1. The molecule has 0 spiro atoms. The molecule has 1 N–H and O–H groups in total. The smallest absolute Gasteiger partial charge is 0.256 e. The molecule has 0 unspecified atom stereocenters. The van der Waals surface area contributed by atoms with Crippen molar-refractivity contribution in [2.24, 2.45) is 0 Å². The van der Waals surface area contributed by atoms with Gasteiger partial charge in [-0.05, 0) is 31.2 Å². The SMILES string of the molecule is COc1ccccc1NC(=O)[C@H](C)N1CCN(C(=O)c2ccccc2F)CC1. The van der Waals surface area contributed by atoms with E-state index in [4.69, 9.17) is 4.74 Å². The average molecular weight is 385 g/mol. The number of methoxy groups -OCH3 is 1. The second kappa shape index (κ2) is 8.84. The van der Waals surface area contributed by atoms with Gasteiger partial charge in [-0.2, -0.15) is 0 Å². The van der Waals surface area contributed by atoms with Crippen LogP contribution in [-0.4, -0.2) is 60.9 Å². The minimum Gasteiger partial charge on any atom is -0.495 e. The van der Waals surface area contributed by atoms with E-state index >= 15 is 0 Å². The Morgan fingerprint density at radius 3 is 2.36 bits per heavy atom. The summed E-state index contributed by atoms with van der Waals surface area (Å²) in [4.78, 5) is 28.8. The first-order valence-corrected chi connectivity index (χ1v) is 9.23. The molecule has 3 rings (SSSR count). The van der Waals surface area contributed by atoms with Gasteiger partial charge in [0.1, 0.15) is 11.6 Å². The summed E-state index contributed by atoms with van der Waals surface area (Å²) in [5.74, 6) is -0.370. The van der Waals surface area contributed by atoms with Crippen molar-refractivity contribution in [3.63, 3.8) is 0 Å². The zero-order chi connectivity index (χ0) is 20.1. The normalized spacial score (nSPS) is 15.8. The quantitative estimate of drug-likeness (QED) is 0.860. The lowest BCUT2D eigenvalue weighted by Gasteiger charge is -2.37. The zero-order valence-corrected chi connectivity index (χ0v) is 16.0. The molecule has 28 heavy (non-hydrogen) atoms. The third-order valence-electron chi connectivity index (χ3n) is 5.00. The second-order valence-corrected chi connectivity index (χ2v) is 6.67. The maximum absolute atomic E-state index is 13.9. The Kier molecular flexibility index (Phi) is 6.26. The summed E-state index contributed by atoms with van der Waals surface area (Å²) >= 11 is 0. The van der Waals surface area contributed by atoms with Crippen LogP contribution in [-0.2, 0) is 4.79 Å². The first-order chi connectivity index (χ1) is 13.5. The summed E-state index contributed by atoms with van der Waals surface area (Å²) in [5.41, 5.74) is 0.702. The highest BCUT2D eigenvalue weighted by Gasteiger charge is 2.29.